The second kappa shape index (κ2) is 4.96. The zero-order valence-corrected chi connectivity index (χ0v) is 10.7. The molecular weight excluding hydrogens is 236 g/mol. The molecule has 0 saturated carbocycles. The molecule has 6 heteroatoms. The van der Waals surface area contributed by atoms with Gasteiger partial charge in [-0.15, -0.1) is 0 Å². The van der Waals surface area contributed by atoms with E-state index in [1.54, 1.807) is 18.7 Å². The molecule has 100 valence electrons. The first-order chi connectivity index (χ1) is 8.49. The number of amides is 2. The SMILES string of the molecule is CC(C)OC(=O)CN1CC(=O)N2CCCC2C1=O. The summed E-state index contributed by atoms with van der Waals surface area (Å²) in [5.74, 6) is -0.667. The van der Waals surface area contributed by atoms with Crippen LogP contribution < -0.4 is 0 Å². The smallest absolute Gasteiger partial charge is 0.325 e. The molecule has 2 heterocycles. The fourth-order valence-corrected chi connectivity index (χ4v) is 2.45. The highest BCUT2D eigenvalue weighted by Crippen LogP contribution is 2.23. The zero-order valence-electron chi connectivity index (χ0n) is 10.7. The van der Waals surface area contributed by atoms with E-state index in [4.69, 9.17) is 4.74 Å². The Hall–Kier alpha value is -1.59. The van der Waals surface area contributed by atoms with Crippen molar-refractivity contribution in [2.24, 2.45) is 0 Å². The number of esters is 1. The van der Waals surface area contributed by atoms with Crippen LogP contribution in [-0.4, -0.2) is 59.4 Å². The molecule has 2 aliphatic heterocycles. The van der Waals surface area contributed by atoms with Gasteiger partial charge >= 0.3 is 5.97 Å². The highest BCUT2D eigenvalue weighted by molar-refractivity contribution is 5.96. The van der Waals surface area contributed by atoms with Crippen molar-refractivity contribution in [2.45, 2.75) is 38.8 Å². The van der Waals surface area contributed by atoms with Gasteiger partial charge < -0.3 is 14.5 Å². The number of carbonyl (C=O) groups excluding carboxylic acids is 3. The number of carbonyl (C=O) groups is 3. The fraction of sp³-hybridized carbons (Fsp3) is 0.750. The molecule has 2 aliphatic rings. The van der Waals surface area contributed by atoms with Crippen molar-refractivity contribution in [3.05, 3.63) is 0 Å². The largest absolute Gasteiger partial charge is 0.462 e. The van der Waals surface area contributed by atoms with Gasteiger partial charge in [-0.1, -0.05) is 0 Å². The molecule has 2 amide bonds. The van der Waals surface area contributed by atoms with E-state index in [9.17, 15) is 14.4 Å². The van der Waals surface area contributed by atoms with Crippen LogP contribution in [0.3, 0.4) is 0 Å². The van der Waals surface area contributed by atoms with Gasteiger partial charge in [0.05, 0.1) is 6.10 Å². The normalized spacial score (nSPS) is 23.6. The minimum Gasteiger partial charge on any atom is -0.462 e. The summed E-state index contributed by atoms with van der Waals surface area (Å²) in [5, 5.41) is 0. The van der Waals surface area contributed by atoms with Crippen molar-refractivity contribution < 1.29 is 19.1 Å². The number of hydrogen-bond donors (Lipinski definition) is 0. The number of rotatable bonds is 3. The van der Waals surface area contributed by atoms with Gasteiger partial charge in [0, 0.05) is 6.54 Å². The second-order valence-corrected chi connectivity index (χ2v) is 4.98. The second-order valence-electron chi connectivity index (χ2n) is 4.98. The Labute approximate surface area is 106 Å². The van der Waals surface area contributed by atoms with Crippen LogP contribution in [-0.2, 0) is 19.1 Å². The molecule has 0 aromatic rings. The van der Waals surface area contributed by atoms with Crippen molar-refractivity contribution >= 4 is 17.8 Å². The lowest BCUT2D eigenvalue weighted by Crippen LogP contribution is -2.58. The number of nitrogens with zero attached hydrogens (tertiary/aromatic N) is 2. The summed E-state index contributed by atoms with van der Waals surface area (Å²) in [5.41, 5.74) is 0. The summed E-state index contributed by atoms with van der Waals surface area (Å²) in [6.07, 6.45) is 1.34. The van der Waals surface area contributed by atoms with Gasteiger partial charge in [-0.25, -0.2) is 0 Å². The predicted octanol–water partition coefficient (Wildman–Crippen LogP) is -0.229. The van der Waals surface area contributed by atoms with Crippen LogP contribution >= 0.6 is 0 Å². The number of hydrogen-bond acceptors (Lipinski definition) is 4. The third kappa shape index (κ3) is 2.47. The maximum absolute atomic E-state index is 12.1. The number of piperazine rings is 1. The van der Waals surface area contributed by atoms with Gasteiger partial charge in [0.15, 0.2) is 0 Å². The molecule has 0 bridgehead atoms. The van der Waals surface area contributed by atoms with Gasteiger partial charge in [0.2, 0.25) is 11.8 Å². The van der Waals surface area contributed by atoms with Crippen LogP contribution in [0, 0.1) is 0 Å². The van der Waals surface area contributed by atoms with E-state index in [1.807, 2.05) is 0 Å². The van der Waals surface area contributed by atoms with E-state index in [0.717, 1.165) is 6.42 Å². The third-order valence-corrected chi connectivity index (χ3v) is 3.18. The standard InChI is InChI=1S/C12H18N2O4/c1-8(2)18-11(16)7-13-6-10(15)14-5-3-4-9(14)12(13)17/h8-9H,3-7H2,1-2H3. The van der Waals surface area contributed by atoms with Crippen molar-refractivity contribution in [1.29, 1.82) is 0 Å². The molecule has 0 aromatic carbocycles. The Kier molecular flexibility index (Phi) is 3.54. The van der Waals surface area contributed by atoms with E-state index < -0.39 is 5.97 Å². The molecule has 0 aliphatic carbocycles. The number of fused-ring (bicyclic) bond motifs is 1. The molecule has 2 rings (SSSR count). The summed E-state index contributed by atoms with van der Waals surface area (Å²) in [7, 11) is 0. The van der Waals surface area contributed by atoms with Crippen LogP contribution in [0.25, 0.3) is 0 Å². The summed E-state index contributed by atoms with van der Waals surface area (Å²) >= 11 is 0. The van der Waals surface area contributed by atoms with Gasteiger partial charge in [-0.05, 0) is 26.7 Å². The van der Waals surface area contributed by atoms with Crippen LogP contribution in [0.1, 0.15) is 26.7 Å². The van der Waals surface area contributed by atoms with E-state index in [-0.39, 0.29) is 37.0 Å². The molecule has 2 fully saturated rings. The predicted molar refractivity (Wildman–Crippen MR) is 62.5 cm³/mol. The van der Waals surface area contributed by atoms with Crippen molar-refractivity contribution in [2.75, 3.05) is 19.6 Å². The first-order valence-corrected chi connectivity index (χ1v) is 6.27. The number of ether oxygens (including phenoxy) is 1. The highest BCUT2D eigenvalue weighted by Gasteiger charge is 2.42. The minimum absolute atomic E-state index is 0.0114. The van der Waals surface area contributed by atoms with E-state index in [1.165, 1.54) is 4.90 Å². The molecule has 18 heavy (non-hydrogen) atoms. The molecule has 1 unspecified atom stereocenters. The first-order valence-electron chi connectivity index (χ1n) is 6.27. The van der Waals surface area contributed by atoms with Gasteiger partial charge in [-0.2, -0.15) is 0 Å². The molecule has 6 nitrogen and oxygen atoms in total. The maximum atomic E-state index is 12.1. The van der Waals surface area contributed by atoms with Gasteiger partial charge in [-0.3, -0.25) is 14.4 Å². The third-order valence-electron chi connectivity index (χ3n) is 3.18. The van der Waals surface area contributed by atoms with E-state index in [2.05, 4.69) is 0 Å². The molecule has 0 aromatic heterocycles. The average molecular weight is 254 g/mol. The molecule has 0 radical (unpaired) electrons. The molecule has 0 spiro atoms. The molecule has 2 saturated heterocycles. The average Bonchev–Trinajstić information content (AvgIpc) is 2.73. The summed E-state index contributed by atoms with van der Waals surface area (Å²) in [6.45, 7) is 4.01. The fourth-order valence-electron chi connectivity index (χ4n) is 2.45. The van der Waals surface area contributed by atoms with Crippen LogP contribution in [0.2, 0.25) is 0 Å². The maximum Gasteiger partial charge on any atom is 0.325 e. The Morgan fingerprint density at radius 1 is 1.44 bits per heavy atom. The molecule has 1 atom stereocenters. The first kappa shape index (κ1) is 12.9. The highest BCUT2D eigenvalue weighted by atomic mass is 16.5. The van der Waals surface area contributed by atoms with Gasteiger partial charge in [0.25, 0.3) is 0 Å². The van der Waals surface area contributed by atoms with E-state index in [0.29, 0.717) is 13.0 Å². The van der Waals surface area contributed by atoms with Crippen molar-refractivity contribution in [3.8, 4) is 0 Å². The van der Waals surface area contributed by atoms with Gasteiger partial charge in [0.1, 0.15) is 19.1 Å². The quantitative estimate of drug-likeness (QED) is 0.653. The van der Waals surface area contributed by atoms with Crippen LogP contribution in [0.5, 0.6) is 0 Å². The Balaban J connectivity index is 1.99. The lowest BCUT2D eigenvalue weighted by Gasteiger charge is -2.35. The zero-order chi connectivity index (χ0) is 13.3. The minimum atomic E-state index is -0.461. The van der Waals surface area contributed by atoms with Crippen molar-refractivity contribution in [3.63, 3.8) is 0 Å². The Morgan fingerprint density at radius 2 is 2.17 bits per heavy atom. The van der Waals surface area contributed by atoms with E-state index >= 15 is 0 Å². The van der Waals surface area contributed by atoms with Crippen molar-refractivity contribution in [1.82, 2.24) is 9.80 Å². The molecule has 0 N–H and O–H groups in total. The summed E-state index contributed by atoms with van der Waals surface area (Å²) in [6, 6.07) is -0.363. The monoisotopic (exact) mass is 254 g/mol. The Morgan fingerprint density at radius 3 is 2.83 bits per heavy atom. The van der Waals surface area contributed by atoms with Crippen LogP contribution in [0.15, 0.2) is 0 Å². The summed E-state index contributed by atoms with van der Waals surface area (Å²) < 4.78 is 4.99. The Bertz CT molecular complexity index is 380. The summed E-state index contributed by atoms with van der Waals surface area (Å²) in [4.78, 5) is 38.4. The molecular formula is C12H18N2O4. The van der Waals surface area contributed by atoms with Crippen LogP contribution in [0.4, 0.5) is 0 Å². The lowest BCUT2D eigenvalue weighted by atomic mass is 10.1. The topological polar surface area (TPSA) is 66.9 Å². The lowest BCUT2D eigenvalue weighted by molar-refractivity contribution is -0.160.